The lowest BCUT2D eigenvalue weighted by Crippen LogP contribution is -2.00. The predicted octanol–water partition coefficient (Wildman–Crippen LogP) is 3.24. The summed E-state index contributed by atoms with van der Waals surface area (Å²) in [6.45, 7) is 1.84. The first-order valence-electron chi connectivity index (χ1n) is 6.34. The highest BCUT2D eigenvalue weighted by Gasteiger charge is 2.17. The highest BCUT2D eigenvalue weighted by Crippen LogP contribution is 2.36. The Morgan fingerprint density at radius 3 is 2.90 bits per heavy atom. The van der Waals surface area contributed by atoms with Gasteiger partial charge in [-0.25, -0.2) is 4.98 Å². The van der Waals surface area contributed by atoms with Crippen molar-refractivity contribution in [1.29, 1.82) is 5.26 Å². The summed E-state index contributed by atoms with van der Waals surface area (Å²) in [6, 6.07) is 9.32. The van der Waals surface area contributed by atoms with Gasteiger partial charge in [0.2, 0.25) is 17.6 Å². The number of para-hydroxylation sites is 1. The Morgan fingerprint density at radius 2 is 2.14 bits per heavy atom. The van der Waals surface area contributed by atoms with E-state index in [1.165, 1.54) is 0 Å². The maximum atomic E-state index is 9.20. The molecule has 1 aromatic carbocycles. The van der Waals surface area contributed by atoms with Crippen LogP contribution in [-0.4, -0.2) is 17.0 Å². The molecule has 21 heavy (non-hydrogen) atoms. The third-order valence-electron chi connectivity index (χ3n) is 3.00. The number of nitrogens with zero attached hydrogens (tertiary/aromatic N) is 3. The van der Waals surface area contributed by atoms with Gasteiger partial charge >= 0.3 is 0 Å². The van der Waals surface area contributed by atoms with Crippen LogP contribution in [0.25, 0.3) is 11.0 Å². The largest absolute Gasteiger partial charge is 0.442 e. The molecule has 0 aliphatic rings. The molecule has 0 fully saturated rings. The van der Waals surface area contributed by atoms with Gasteiger partial charge in [0.05, 0.1) is 5.39 Å². The fraction of sp³-hybridized carbons (Fsp3) is 0.133. The second-order valence-electron chi connectivity index (χ2n) is 4.40. The monoisotopic (exact) mass is 280 g/mol. The molecule has 3 aromatic rings. The van der Waals surface area contributed by atoms with Gasteiger partial charge in [-0.3, -0.25) is 0 Å². The highest BCUT2D eigenvalue weighted by atomic mass is 16.5. The van der Waals surface area contributed by atoms with E-state index >= 15 is 0 Å². The molecule has 0 saturated heterocycles. The number of benzene rings is 1. The van der Waals surface area contributed by atoms with E-state index in [0.717, 1.165) is 10.9 Å². The number of furan rings is 1. The first-order valence-corrected chi connectivity index (χ1v) is 6.34. The van der Waals surface area contributed by atoms with Crippen LogP contribution in [0.5, 0.6) is 11.6 Å². The van der Waals surface area contributed by atoms with Crippen LogP contribution in [-0.2, 0) is 0 Å². The van der Waals surface area contributed by atoms with Crippen molar-refractivity contribution in [2.24, 2.45) is 0 Å². The van der Waals surface area contributed by atoms with Crippen LogP contribution in [0.4, 0.5) is 5.95 Å². The molecule has 0 aliphatic heterocycles. The number of fused-ring (bicyclic) bond motifs is 1. The molecule has 6 heteroatoms. The Balaban J connectivity index is 2.12. The fourth-order valence-corrected chi connectivity index (χ4v) is 1.94. The first-order chi connectivity index (χ1) is 10.2. The molecular formula is C15H12N4O2. The van der Waals surface area contributed by atoms with Gasteiger partial charge in [0, 0.05) is 18.8 Å². The lowest BCUT2D eigenvalue weighted by molar-refractivity contribution is 0.446. The van der Waals surface area contributed by atoms with Gasteiger partial charge in [0.25, 0.3) is 0 Å². The maximum absolute atomic E-state index is 9.20. The smallest absolute Gasteiger partial charge is 0.247 e. The molecule has 104 valence electrons. The molecule has 3 rings (SSSR count). The lowest BCUT2D eigenvalue weighted by atomic mass is 10.2. The van der Waals surface area contributed by atoms with Gasteiger partial charge in [0.15, 0.2) is 5.75 Å². The molecule has 0 saturated carbocycles. The zero-order valence-electron chi connectivity index (χ0n) is 11.5. The summed E-state index contributed by atoms with van der Waals surface area (Å²) in [5.74, 6) is 1.33. The molecule has 0 spiro atoms. The first kappa shape index (κ1) is 12.9. The average molecular weight is 280 g/mol. The third kappa shape index (κ3) is 2.25. The van der Waals surface area contributed by atoms with Gasteiger partial charge in [-0.15, -0.1) is 0 Å². The fourth-order valence-electron chi connectivity index (χ4n) is 1.94. The van der Waals surface area contributed by atoms with Crippen molar-refractivity contribution in [3.05, 3.63) is 41.8 Å². The minimum atomic E-state index is 0.125. The molecule has 0 atom stereocenters. The van der Waals surface area contributed by atoms with E-state index in [4.69, 9.17) is 9.15 Å². The van der Waals surface area contributed by atoms with Crippen LogP contribution >= 0.6 is 0 Å². The van der Waals surface area contributed by atoms with Crippen molar-refractivity contribution < 1.29 is 9.15 Å². The Bertz CT molecular complexity index is 848. The molecule has 2 aromatic heterocycles. The van der Waals surface area contributed by atoms with Crippen molar-refractivity contribution in [3.63, 3.8) is 0 Å². The van der Waals surface area contributed by atoms with E-state index in [2.05, 4.69) is 15.3 Å². The van der Waals surface area contributed by atoms with E-state index in [9.17, 15) is 5.26 Å². The van der Waals surface area contributed by atoms with E-state index in [0.29, 0.717) is 23.2 Å². The summed E-state index contributed by atoms with van der Waals surface area (Å²) in [5, 5.41) is 12.8. The van der Waals surface area contributed by atoms with Crippen LogP contribution in [0.3, 0.4) is 0 Å². The molecular weight excluding hydrogens is 268 g/mol. The van der Waals surface area contributed by atoms with Crippen molar-refractivity contribution in [2.45, 2.75) is 6.92 Å². The van der Waals surface area contributed by atoms with Crippen molar-refractivity contribution in [1.82, 2.24) is 9.97 Å². The topological polar surface area (TPSA) is 84.0 Å². The molecule has 0 bridgehead atoms. The second kappa shape index (κ2) is 5.13. The molecule has 0 amide bonds. The minimum Gasteiger partial charge on any atom is -0.442 e. The summed E-state index contributed by atoms with van der Waals surface area (Å²) in [5.41, 5.74) is 1.37. The predicted molar refractivity (Wildman–Crippen MR) is 77.3 cm³/mol. The number of hydrogen-bond acceptors (Lipinski definition) is 6. The summed E-state index contributed by atoms with van der Waals surface area (Å²) < 4.78 is 11.3. The SMILES string of the molecule is CNc1ncc(C)c(Oc2c(C#N)oc3ccccc23)n1. The van der Waals surface area contributed by atoms with Crippen LogP contribution in [0, 0.1) is 18.3 Å². The quantitative estimate of drug-likeness (QED) is 0.792. The Labute approximate surface area is 121 Å². The number of nitrogens with one attached hydrogen (secondary N) is 1. The standard InChI is InChI=1S/C15H12N4O2/c1-9-8-18-15(17-2)19-14(9)21-13-10-5-3-4-6-11(10)20-12(13)7-16/h3-6,8H,1-2H3,(H,17,18,19). The summed E-state index contributed by atoms with van der Waals surface area (Å²) in [4.78, 5) is 8.35. The maximum Gasteiger partial charge on any atom is 0.247 e. The Kier molecular flexibility index (Phi) is 3.16. The minimum absolute atomic E-state index is 0.125. The van der Waals surface area contributed by atoms with Crippen molar-refractivity contribution in [2.75, 3.05) is 12.4 Å². The average Bonchev–Trinajstić information content (AvgIpc) is 2.87. The number of ether oxygens (including phenoxy) is 1. The third-order valence-corrected chi connectivity index (χ3v) is 3.00. The molecule has 2 heterocycles. The van der Waals surface area contributed by atoms with Gasteiger partial charge in [-0.1, -0.05) is 12.1 Å². The normalized spacial score (nSPS) is 10.3. The number of hydrogen-bond donors (Lipinski definition) is 1. The van der Waals surface area contributed by atoms with Crippen molar-refractivity contribution in [3.8, 4) is 17.7 Å². The molecule has 6 nitrogen and oxygen atoms in total. The molecule has 0 radical (unpaired) electrons. The Hall–Kier alpha value is -3.07. The zero-order chi connectivity index (χ0) is 14.8. The molecule has 1 N–H and O–H groups in total. The molecule has 0 aliphatic carbocycles. The van der Waals surface area contributed by atoms with Gasteiger partial charge in [0.1, 0.15) is 11.7 Å². The summed E-state index contributed by atoms with van der Waals surface area (Å²) >= 11 is 0. The van der Waals surface area contributed by atoms with E-state index in [-0.39, 0.29) is 5.76 Å². The summed E-state index contributed by atoms with van der Waals surface area (Å²) in [7, 11) is 1.72. The number of rotatable bonds is 3. The molecule has 0 unspecified atom stereocenters. The number of anilines is 1. The van der Waals surface area contributed by atoms with Crippen LogP contribution < -0.4 is 10.1 Å². The van der Waals surface area contributed by atoms with Crippen LogP contribution in [0.15, 0.2) is 34.9 Å². The van der Waals surface area contributed by atoms with Gasteiger partial charge in [-0.2, -0.15) is 10.2 Å². The van der Waals surface area contributed by atoms with Crippen LogP contribution in [0.1, 0.15) is 11.3 Å². The van der Waals surface area contributed by atoms with Gasteiger partial charge in [-0.05, 0) is 19.1 Å². The summed E-state index contributed by atoms with van der Waals surface area (Å²) in [6.07, 6.45) is 1.66. The Morgan fingerprint density at radius 1 is 1.33 bits per heavy atom. The van der Waals surface area contributed by atoms with E-state index < -0.39 is 0 Å². The second-order valence-corrected chi connectivity index (χ2v) is 4.40. The number of aryl methyl sites for hydroxylation is 1. The lowest BCUT2D eigenvalue weighted by Gasteiger charge is -2.07. The highest BCUT2D eigenvalue weighted by molar-refractivity contribution is 5.86. The van der Waals surface area contributed by atoms with E-state index in [1.807, 2.05) is 31.2 Å². The zero-order valence-corrected chi connectivity index (χ0v) is 11.5. The van der Waals surface area contributed by atoms with Gasteiger partial charge < -0.3 is 14.5 Å². The van der Waals surface area contributed by atoms with Crippen LogP contribution in [0.2, 0.25) is 0 Å². The number of nitriles is 1. The van der Waals surface area contributed by atoms with Crippen molar-refractivity contribution >= 4 is 16.9 Å². The van der Waals surface area contributed by atoms with E-state index in [1.54, 1.807) is 19.3 Å². The number of aromatic nitrogens is 2.